The van der Waals surface area contributed by atoms with Gasteiger partial charge < -0.3 is 9.64 Å². The predicted molar refractivity (Wildman–Crippen MR) is 77.8 cm³/mol. The quantitative estimate of drug-likeness (QED) is 0.809. The Labute approximate surface area is 124 Å². The molecule has 5 nitrogen and oxygen atoms in total. The first-order chi connectivity index (χ1) is 9.56. The van der Waals surface area contributed by atoms with Crippen molar-refractivity contribution in [3.05, 3.63) is 16.9 Å². The molecule has 6 heteroatoms. The smallest absolute Gasteiger partial charge is 0.244 e. The van der Waals surface area contributed by atoms with Gasteiger partial charge >= 0.3 is 0 Å². The Kier molecular flexibility index (Phi) is 5.43. The molecule has 112 valence electrons. The van der Waals surface area contributed by atoms with E-state index < -0.39 is 0 Å². The highest BCUT2D eigenvalue weighted by molar-refractivity contribution is 6.31. The summed E-state index contributed by atoms with van der Waals surface area (Å²) in [6.07, 6.45) is 6.42. The van der Waals surface area contributed by atoms with Crippen molar-refractivity contribution in [1.82, 2.24) is 14.7 Å². The van der Waals surface area contributed by atoms with Gasteiger partial charge in [0.1, 0.15) is 6.54 Å². The predicted octanol–water partition coefficient (Wildman–Crippen LogP) is 2.26. The maximum absolute atomic E-state index is 12.1. The normalized spacial score (nSPS) is 18.4. The summed E-state index contributed by atoms with van der Waals surface area (Å²) in [5, 5.41) is 4.79. The van der Waals surface area contributed by atoms with E-state index in [1.165, 1.54) is 6.42 Å². The molecule has 0 bridgehead atoms. The molecular formula is C14H22ClN3O2. The molecule has 2 rings (SSSR count). The zero-order chi connectivity index (χ0) is 14.5. The number of aryl methyl sites for hydroxylation is 1. The van der Waals surface area contributed by atoms with Gasteiger partial charge in [0.2, 0.25) is 5.91 Å². The van der Waals surface area contributed by atoms with Gasteiger partial charge in [0.25, 0.3) is 0 Å². The first kappa shape index (κ1) is 15.3. The summed E-state index contributed by atoms with van der Waals surface area (Å²) >= 11 is 5.93. The lowest BCUT2D eigenvalue weighted by molar-refractivity contribution is -0.130. The van der Waals surface area contributed by atoms with Crippen molar-refractivity contribution < 1.29 is 9.53 Å². The maximum atomic E-state index is 12.1. The molecule has 1 aliphatic heterocycles. The second kappa shape index (κ2) is 7.09. The van der Waals surface area contributed by atoms with Gasteiger partial charge in [-0.2, -0.15) is 5.10 Å². The third-order valence-corrected chi connectivity index (χ3v) is 4.02. The monoisotopic (exact) mass is 299 g/mol. The van der Waals surface area contributed by atoms with E-state index in [-0.39, 0.29) is 12.5 Å². The number of carbonyl (C=O) groups excluding carboxylic acids is 1. The highest BCUT2D eigenvalue weighted by Crippen LogP contribution is 2.17. The van der Waals surface area contributed by atoms with Crippen LogP contribution >= 0.6 is 11.6 Å². The van der Waals surface area contributed by atoms with Crippen molar-refractivity contribution >= 4 is 17.5 Å². The summed E-state index contributed by atoms with van der Waals surface area (Å²) in [5.41, 5.74) is 0.750. The topological polar surface area (TPSA) is 47.4 Å². The average Bonchev–Trinajstić information content (AvgIpc) is 3.00. The number of likely N-dealkylation sites (N-methyl/N-ethyl adjacent to an activating group) is 1. The molecule has 1 atom stereocenters. The second-order valence-electron chi connectivity index (χ2n) is 5.35. The Hall–Kier alpha value is -1.07. The van der Waals surface area contributed by atoms with Crippen LogP contribution in [0.4, 0.5) is 0 Å². The molecule has 0 aliphatic carbocycles. The molecule has 1 amide bonds. The van der Waals surface area contributed by atoms with Gasteiger partial charge in [-0.05, 0) is 32.6 Å². The van der Waals surface area contributed by atoms with E-state index in [0.717, 1.165) is 38.1 Å². The number of amides is 1. The van der Waals surface area contributed by atoms with E-state index in [1.54, 1.807) is 15.8 Å². The number of hydrogen-bond donors (Lipinski definition) is 0. The summed E-state index contributed by atoms with van der Waals surface area (Å²) in [6.45, 7) is 3.71. The third-order valence-electron chi connectivity index (χ3n) is 3.65. The number of ether oxygens (including phenoxy) is 1. The number of aromatic nitrogens is 2. The first-order valence-corrected chi connectivity index (χ1v) is 7.49. The van der Waals surface area contributed by atoms with E-state index in [0.29, 0.717) is 11.1 Å². The van der Waals surface area contributed by atoms with E-state index in [1.807, 2.05) is 14.0 Å². The zero-order valence-electron chi connectivity index (χ0n) is 12.1. The van der Waals surface area contributed by atoms with E-state index in [9.17, 15) is 4.79 Å². The Morgan fingerprint density at radius 3 is 3.05 bits per heavy atom. The molecule has 0 N–H and O–H groups in total. The molecule has 20 heavy (non-hydrogen) atoms. The Morgan fingerprint density at radius 2 is 2.45 bits per heavy atom. The third kappa shape index (κ3) is 4.21. The van der Waals surface area contributed by atoms with Gasteiger partial charge in [-0.1, -0.05) is 11.6 Å². The molecule has 1 aromatic rings. The first-order valence-electron chi connectivity index (χ1n) is 7.11. The van der Waals surface area contributed by atoms with Crippen LogP contribution in [0.15, 0.2) is 6.20 Å². The van der Waals surface area contributed by atoms with Gasteiger partial charge in [-0.3, -0.25) is 9.48 Å². The van der Waals surface area contributed by atoms with E-state index in [2.05, 4.69) is 5.10 Å². The number of carbonyl (C=O) groups is 1. The minimum atomic E-state index is 0.0523. The van der Waals surface area contributed by atoms with Crippen molar-refractivity contribution in [2.75, 3.05) is 20.2 Å². The largest absolute Gasteiger partial charge is 0.378 e. The van der Waals surface area contributed by atoms with Crippen LogP contribution in [0.25, 0.3) is 0 Å². The van der Waals surface area contributed by atoms with Crippen LogP contribution in [-0.4, -0.2) is 46.9 Å². The molecule has 2 heterocycles. The minimum Gasteiger partial charge on any atom is -0.378 e. The lowest BCUT2D eigenvalue weighted by atomic mass is 10.1. The van der Waals surface area contributed by atoms with Crippen molar-refractivity contribution in [2.45, 2.75) is 45.3 Å². The number of hydrogen-bond acceptors (Lipinski definition) is 3. The van der Waals surface area contributed by atoms with Crippen LogP contribution in [-0.2, 0) is 16.1 Å². The molecule has 1 aliphatic rings. The number of nitrogens with zero attached hydrogens (tertiary/aromatic N) is 3. The molecule has 0 saturated carbocycles. The molecule has 0 spiro atoms. The van der Waals surface area contributed by atoms with Crippen LogP contribution in [0.3, 0.4) is 0 Å². The van der Waals surface area contributed by atoms with Crippen molar-refractivity contribution in [3.63, 3.8) is 0 Å². The fraction of sp³-hybridized carbons (Fsp3) is 0.714. The fourth-order valence-corrected chi connectivity index (χ4v) is 2.54. The van der Waals surface area contributed by atoms with Crippen LogP contribution in [0.2, 0.25) is 5.02 Å². The standard InChI is InChI=1S/C14H22ClN3O2/c1-11-13(15)9-18(16-11)10-14(19)17(2)7-3-5-12-6-4-8-20-12/h9,12H,3-8,10H2,1-2H3/t12-/m1/s1. The molecule has 1 saturated heterocycles. The highest BCUT2D eigenvalue weighted by atomic mass is 35.5. The lowest BCUT2D eigenvalue weighted by Crippen LogP contribution is -2.31. The van der Waals surface area contributed by atoms with Crippen LogP contribution in [0.5, 0.6) is 0 Å². The summed E-state index contributed by atoms with van der Waals surface area (Å²) in [4.78, 5) is 13.8. The second-order valence-corrected chi connectivity index (χ2v) is 5.76. The van der Waals surface area contributed by atoms with Gasteiger partial charge in [0, 0.05) is 26.4 Å². The summed E-state index contributed by atoms with van der Waals surface area (Å²) < 4.78 is 7.17. The van der Waals surface area contributed by atoms with Gasteiger partial charge in [0.15, 0.2) is 0 Å². The molecule has 1 aromatic heterocycles. The Morgan fingerprint density at radius 1 is 1.65 bits per heavy atom. The van der Waals surface area contributed by atoms with Crippen molar-refractivity contribution in [3.8, 4) is 0 Å². The fourth-order valence-electron chi connectivity index (χ4n) is 2.39. The van der Waals surface area contributed by atoms with E-state index in [4.69, 9.17) is 16.3 Å². The van der Waals surface area contributed by atoms with Crippen molar-refractivity contribution in [2.24, 2.45) is 0 Å². The number of halogens is 1. The summed E-state index contributed by atoms with van der Waals surface area (Å²) in [5.74, 6) is 0.0523. The van der Waals surface area contributed by atoms with Crippen LogP contribution < -0.4 is 0 Å². The van der Waals surface area contributed by atoms with Crippen LogP contribution in [0, 0.1) is 6.92 Å². The highest BCUT2D eigenvalue weighted by Gasteiger charge is 2.16. The van der Waals surface area contributed by atoms with Gasteiger partial charge in [0.05, 0.1) is 16.8 Å². The van der Waals surface area contributed by atoms with Crippen LogP contribution in [0.1, 0.15) is 31.4 Å². The molecule has 0 unspecified atom stereocenters. The Bertz CT molecular complexity index is 436. The molecule has 0 aromatic carbocycles. The summed E-state index contributed by atoms with van der Waals surface area (Å²) in [7, 11) is 1.83. The van der Waals surface area contributed by atoms with Crippen molar-refractivity contribution in [1.29, 1.82) is 0 Å². The SMILES string of the molecule is Cc1nn(CC(=O)N(C)CCC[C@@H]2CCCO2)cc1Cl. The maximum Gasteiger partial charge on any atom is 0.244 e. The molecule has 0 radical (unpaired) electrons. The average molecular weight is 300 g/mol. The molecular weight excluding hydrogens is 278 g/mol. The zero-order valence-corrected chi connectivity index (χ0v) is 12.9. The lowest BCUT2D eigenvalue weighted by Gasteiger charge is -2.18. The summed E-state index contributed by atoms with van der Waals surface area (Å²) in [6, 6.07) is 0. The van der Waals surface area contributed by atoms with Gasteiger partial charge in [-0.25, -0.2) is 0 Å². The van der Waals surface area contributed by atoms with E-state index >= 15 is 0 Å². The van der Waals surface area contributed by atoms with Gasteiger partial charge in [-0.15, -0.1) is 0 Å². The molecule has 1 fully saturated rings. The number of rotatable bonds is 6. The minimum absolute atomic E-state index is 0.0523. The Balaban J connectivity index is 1.71.